The molecule has 0 radical (unpaired) electrons. The van der Waals surface area contributed by atoms with E-state index in [1.165, 1.54) is 11.1 Å². The van der Waals surface area contributed by atoms with Crippen LogP contribution in [0.4, 0.5) is 17.1 Å². The molecule has 0 amide bonds. The van der Waals surface area contributed by atoms with Gasteiger partial charge in [0.1, 0.15) is 17.1 Å². The Morgan fingerprint density at radius 1 is 0.739 bits per heavy atom. The molecule has 5 nitrogen and oxygen atoms in total. The summed E-state index contributed by atoms with van der Waals surface area (Å²) in [5.74, 6) is 0.315. The fraction of sp³-hybridized carbons (Fsp3) is 0.317. The third-order valence-corrected chi connectivity index (χ3v) is 9.05. The Balaban J connectivity index is 1.59. The first kappa shape index (κ1) is 32.9. The molecule has 0 saturated heterocycles. The number of rotatable bonds is 13. The van der Waals surface area contributed by atoms with Crippen LogP contribution in [-0.4, -0.2) is 28.5 Å². The van der Waals surface area contributed by atoms with Gasteiger partial charge in [-0.05, 0) is 55.2 Å². The fourth-order valence-electron chi connectivity index (χ4n) is 6.71. The molecule has 0 unspecified atom stereocenters. The lowest BCUT2D eigenvalue weighted by Gasteiger charge is -2.34. The lowest BCUT2D eigenvalue weighted by molar-refractivity contribution is -0.137. The van der Waals surface area contributed by atoms with Crippen LogP contribution >= 0.6 is 0 Å². The predicted octanol–water partition coefficient (Wildman–Crippen LogP) is 10.0. The van der Waals surface area contributed by atoms with Crippen molar-refractivity contribution in [2.75, 3.05) is 7.05 Å². The van der Waals surface area contributed by atoms with Crippen LogP contribution in [0.3, 0.4) is 0 Å². The van der Waals surface area contributed by atoms with Crippen LogP contribution in [0.5, 0.6) is 0 Å². The standard InChI is InChI=1S/C41H46N2O3/c1-28(2)25-31-16-20-34(21-17-31)43(6,35-22-18-32(19-23-35)26-29(3)4)36-12-9-11-33(27-36)41(46)40-30(5)42(24-10-15-39(44)45)38-14-8-7-13-37(38)40/h7-9,11-14,16-23,27-29H,10,15,24-26H2,1-6H3/p+1. The van der Waals surface area contributed by atoms with Crippen LogP contribution < -0.4 is 4.48 Å². The van der Waals surface area contributed by atoms with E-state index in [2.05, 4.69) is 93.9 Å². The van der Waals surface area contributed by atoms with Crippen LogP contribution in [0.2, 0.25) is 0 Å². The van der Waals surface area contributed by atoms with E-state index in [0.717, 1.165) is 46.5 Å². The summed E-state index contributed by atoms with van der Waals surface area (Å²) in [6.45, 7) is 11.5. The molecule has 238 valence electrons. The van der Waals surface area contributed by atoms with Gasteiger partial charge < -0.3 is 9.67 Å². The third kappa shape index (κ3) is 6.85. The molecular formula is C41H47N2O3+. The number of benzene rings is 4. The Labute approximate surface area is 273 Å². The normalized spacial score (nSPS) is 11.9. The highest BCUT2D eigenvalue weighted by molar-refractivity contribution is 6.17. The zero-order chi connectivity index (χ0) is 33.0. The molecule has 1 heterocycles. The van der Waals surface area contributed by atoms with Crippen molar-refractivity contribution >= 4 is 39.7 Å². The van der Waals surface area contributed by atoms with Crippen molar-refractivity contribution in [3.63, 3.8) is 0 Å². The van der Waals surface area contributed by atoms with E-state index in [9.17, 15) is 14.7 Å². The third-order valence-electron chi connectivity index (χ3n) is 9.05. The highest BCUT2D eigenvalue weighted by Crippen LogP contribution is 2.43. The molecule has 0 aliphatic rings. The van der Waals surface area contributed by atoms with E-state index in [4.69, 9.17) is 0 Å². The topological polar surface area (TPSA) is 59.3 Å². The fourth-order valence-corrected chi connectivity index (χ4v) is 6.71. The maximum Gasteiger partial charge on any atom is 0.303 e. The number of nitrogens with zero attached hydrogens (tertiary/aromatic N) is 2. The number of fused-ring (bicyclic) bond motifs is 1. The number of hydrogen-bond acceptors (Lipinski definition) is 2. The van der Waals surface area contributed by atoms with Gasteiger partial charge in [0.2, 0.25) is 0 Å². The summed E-state index contributed by atoms with van der Waals surface area (Å²) < 4.78 is 2.51. The zero-order valence-corrected chi connectivity index (χ0v) is 28.1. The minimum absolute atomic E-state index is 0.0290. The average Bonchev–Trinajstić information content (AvgIpc) is 3.31. The van der Waals surface area contributed by atoms with Crippen molar-refractivity contribution in [1.29, 1.82) is 0 Å². The van der Waals surface area contributed by atoms with E-state index in [1.54, 1.807) is 0 Å². The maximum atomic E-state index is 14.4. The van der Waals surface area contributed by atoms with Gasteiger partial charge in [0.15, 0.2) is 5.78 Å². The predicted molar refractivity (Wildman–Crippen MR) is 190 cm³/mol. The number of carboxylic acid groups (broad SMARTS) is 1. The van der Waals surface area contributed by atoms with Gasteiger partial charge in [-0.25, -0.2) is 4.48 Å². The SMILES string of the molecule is Cc1c(C(=O)c2cccc([N+](C)(c3ccc(CC(C)C)cc3)c3ccc(CC(C)C)cc3)c2)c2ccccc2n1CCCC(=O)O. The molecule has 0 spiro atoms. The maximum absolute atomic E-state index is 14.4. The van der Waals surface area contributed by atoms with Crippen LogP contribution in [0, 0.1) is 18.8 Å². The first-order valence-corrected chi connectivity index (χ1v) is 16.5. The summed E-state index contributed by atoms with van der Waals surface area (Å²) in [5, 5.41) is 10.1. The monoisotopic (exact) mass is 615 g/mol. The quantitative estimate of drug-likeness (QED) is 0.106. The average molecular weight is 616 g/mol. The van der Waals surface area contributed by atoms with E-state index in [0.29, 0.717) is 40.4 Å². The van der Waals surface area contributed by atoms with Gasteiger partial charge in [-0.2, -0.15) is 0 Å². The number of aryl methyl sites for hydroxylation is 1. The summed E-state index contributed by atoms with van der Waals surface area (Å²) in [5.41, 5.74) is 9.00. The number of ketones is 1. The van der Waals surface area contributed by atoms with Gasteiger partial charge in [0.25, 0.3) is 0 Å². The summed E-state index contributed by atoms with van der Waals surface area (Å²) in [6, 6.07) is 33.8. The summed E-state index contributed by atoms with van der Waals surface area (Å²) in [7, 11) is 2.21. The summed E-state index contributed by atoms with van der Waals surface area (Å²) >= 11 is 0. The van der Waals surface area contributed by atoms with Crippen molar-refractivity contribution in [3.05, 3.63) is 125 Å². The minimum atomic E-state index is -0.812. The number of hydrogen-bond donors (Lipinski definition) is 1. The van der Waals surface area contributed by atoms with Crippen LogP contribution in [0.15, 0.2) is 97.1 Å². The van der Waals surface area contributed by atoms with Crippen LogP contribution in [0.25, 0.3) is 10.9 Å². The van der Waals surface area contributed by atoms with Crippen molar-refractivity contribution < 1.29 is 14.7 Å². The molecule has 0 fully saturated rings. The lowest BCUT2D eigenvalue weighted by atomic mass is 9.98. The smallest absolute Gasteiger partial charge is 0.303 e. The zero-order valence-electron chi connectivity index (χ0n) is 28.1. The first-order valence-electron chi connectivity index (χ1n) is 16.5. The Kier molecular flexibility index (Phi) is 9.93. The van der Waals surface area contributed by atoms with E-state index < -0.39 is 5.97 Å². The summed E-state index contributed by atoms with van der Waals surface area (Å²) in [6.07, 6.45) is 2.65. The number of para-hydroxylation sites is 1. The Bertz CT molecular complexity index is 1780. The van der Waals surface area contributed by atoms with Gasteiger partial charge in [0.05, 0.1) is 12.6 Å². The highest BCUT2D eigenvalue weighted by atomic mass is 16.4. The van der Waals surface area contributed by atoms with Gasteiger partial charge >= 0.3 is 5.97 Å². The second-order valence-corrected chi connectivity index (χ2v) is 13.5. The number of quaternary nitrogens is 1. The Hall–Kier alpha value is -4.48. The molecule has 0 atom stereocenters. The van der Waals surface area contributed by atoms with Crippen molar-refractivity contribution in [2.24, 2.45) is 11.8 Å². The molecule has 1 aromatic heterocycles. The molecule has 46 heavy (non-hydrogen) atoms. The molecule has 0 aliphatic heterocycles. The number of carbonyl (C=O) groups is 2. The van der Waals surface area contributed by atoms with Gasteiger partial charge in [-0.1, -0.05) is 82.3 Å². The first-order chi connectivity index (χ1) is 22.0. The second-order valence-electron chi connectivity index (χ2n) is 13.5. The van der Waals surface area contributed by atoms with Crippen molar-refractivity contribution in [1.82, 2.24) is 9.05 Å². The van der Waals surface area contributed by atoms with E-state index >= 15 is 0 Å². The second kappa shape index (κ2) is 13.9. The van der Waals surface area contributed by atoms with E-state index in [1.807, 2.05) is 49.4 Å². The highest BCUT2D eigenvalue weighted by Gasteiger charge is 2.33. The number of aromatic nitrogens is 1. The molecular weight excluding hydrogens is 568 g/mol. The van der Waals surface area contributed by atoms with Crippen LogP contribution in [-0.2, 0) is 24.2 Å². The molecule has 1 N–H and O–H groups in total. The molecule has 0 aliphatic carbocycles. The molecule has 0 saturated carbocycles. The Morgan fingerprint density at radius 2 is 1.30 bits per heavy atom. The Morgan fingerprint density at radius 3 is 1.85 bits per heavy atom. The largest absolute Gasteiger partial charge is 0.481 e. The lowest BCUT2D eigenvalue weighted by Crippen LogP contribution is -2.34. The molecule has 0 bridgehead atoms. The van der Waals surface area contributed by atoms with Crippen LogP contribution in [0.1, 0.15) is 73.3 Å². The minimum Gasteiger partial charge on any atom is -0.481 e. The molecule has 5 rings (SSSR count). The van der Waals surface area contributed by atoms with E-state index in [-0.39, 0.29) is 12.2 Å². The van der Waals surface area contributed by atoms with Crippen molar-refractivity contribution in [3.8, 4) is 0 Å². The number of carboxylic acids is 1. The van der Waals surface area contributed by atoms with Crippen molar-refractivity contribution in [2.45, 2.75) is 66.8 Å². The number of carbonyl (C=O) groups excluding carboxylic acids is 1. The number of aliphatic carboxylic acids is 1. The van der Waals surface area contributed by atoms with Gasteiger partial charge in [-0.15, -0.1) is 0 Å². The van der Waals surface area contributed by atoms with Gasteiger partial charge in [-0.3, -0.25) is 9.59 Å². The molecule has 5 aromatic rings. The molecule has 4 aromatic carbocycles. The van der Waals surface area contributed by atoms with Gasteiger partial charge in [0, 0.05) is 71.5 Å². The summed E-state index contributed by atoms with van der Waals surface area (Å²) in [4.78, 5) is 25.6. The molecule has 5 heteroatoms.